The van der Waals surface area contributed by atoms with Gasteiger partial charge in [0.25, 0.3) is 0 Å². The molecule has 0 aromatic heterocycles. The number of halogens is 1. The lowest BCUT2D eigenvalue weighted by molar-refractivity contribution is 0.0600. The van der Waals surface area contributed by atoms with Crippen molar-refractivity contribution in [2.75, 3.05) is 20.2 Å². The minimum absolute atomic E-state index is 0.0193. The molecule has 0 amide bonds. The van der Waals surface area contributed by atoms with Crippen LogP contribution in [0.15, 0.2) is 47.4 Å². The second-order valence-electron chi connectivity index (χ2n) is 5.64. The summed E-state index contributed by atoms with van der Waals surface area (Å²) in [6.07, 6.45) is 0. The van der Waals surface area contributed by atoms with Gasteiger partial charge in [0.1, 0.15) is 10.6 Å². The lowest BCUT2D eigenvalue weighted by Gasteiger charge is -2.19. The lowest BCUT2D eigenvalue weighted by atomic mass is 10.2. The molecule has 0 atom stereocenters. The maximum atomic E-state index is 12.7. The molecule has 0 saturated carbocycles. The highest BCUT2D eigenvalue weighted by Gasteiger charge is 2.26. The predicted molar refractivity (Wildman–Crippen MR) is 104 cm³/mol. The summed E-state index contributed by atoms with van der Waals surface area (Å²) in [6, 6.07) is 9.70. The highest BCUT2D eigenvalue weighted by atomic mass is 35.5. The van der Waals surface area contributed by atoms with Gasteiger partial charge >= 0.3 is 11.9 Å². The predicted octanol–water partition coefficient (Wildman–Crippen LogP) is 3.38. The second-order valence-corrected chi connectivity index (χ2v) is 7.95. The van der Waals surface area contributed by atoms with Crippen molar-refractivity contribution in [3.63, 3.8) is 0 Å². The van der Waals surface area contributed by atoms with E-state index in [2.05, 4.69) is 4.74 Å². The van der Waals surface area contributed by atoms with E-state index < -0.39 is 22.0 Å². The Morgan fingerprint density at radius 1 is 0.964 bits per heavy atom. The molecule has 2 aromatic carbocycles. The van der Waals surface area contributed by atoms with Gasteiger partial charge in [0.2, 0.25) is 10.0 Å². The first-order valence-corrected chi connectivity index (χ1v) is 10.3. The number of carbonyl (C=O) groups is 2. The third-order valence-corrected chi connectivity index (χ3v) is 6.51. The molecule has 0 aliphatic carbocycles. The molecule has 0 aliphatic rings. The maximum absolute atomic E-state index is 12.7. The number of ether oxygens (including phenoxy) is 2. The Balaban J connectivity index is 2.28. The topological polar surface area (TPSA) is 90.0 Å². The zero-order valence-corrected chi connectivity index (χ0v) is 17.2. The summed E-state index contributed by atoms with van der Waals surface area (Å²) in [6.45, 7) is 3.98. The van der Waals surface area contributed by atoms with Gasteiger partial charge in [0.05, 0.1) is 23.3 Å². The highest BCUT2D eigenvalue weighted by Crippen LogP contribution is 2.26. The van der Waals surface area contributed by atoms with E-state index in [4.69, 9.17) is 16.3 Å². The van der Waals surface area contributed by atoms with Crippen molar-refractivity contribution in [3.05, 3.63) is 58.6 Å². The number of rotatable bonds is 7. The minimum Gasteiger partial charge on any atom is -0.465 e. The van der Waals surface area contributed by atoms with Crippen LogP contribution in [0.2, 0.25) is 5.02 Å². The maximum Gasteiger partial charge on any atom is 0.343 e. The van der Waals surface area contributed by atoms with Crippen molar-refractivity contribution in [3.8, 4) is 5.75 Å². The first-order chi connectivity index (χ1) is 13.2. The van der Waals surface area contributed by atoms with Crippen LogP contribution in [-0.4, -0.2) is 44.9 Å². The summed E-state index contributed by atoms with van der Waals surface area (Å²) in [5.41, 5.74) is 0.341. The molecule has 0 N–H and O–H groups in total. The Hall–Kier alpha value is -2.42. The number of esters is 2. The Morgan fingerprint density at radius 3 is 2.07 bits per heavy atom. The number of methoxy groups -OCH3 is 1. The molecule has 0 bridgehead atoms. The zero-order chi connectivity index (χ0) is 20.9. The zero-order valence-electron chi connectivity index (χ0n) is 15.6. The molecule has 0 unspecified atom stereocenters. The molecule has 0 radical (unpaired) electrons. The van der Waals surface area contributed by atoms with Crippen LogP contribution < -0.4 is 4.74 Å². The molecule has 9 heteroatoms. The van der Waals surface area contributed by atoms with E-state index in [-0.39, 0.29) is 34.3 Å². The van der Waals surface area contributed by atoms with E-state index in [0.717, 1.165) is 0 Å². The smallest absolute Gasteiger partial charge is 0.343 e. The number of nitrogens with zero attached hydrogens (tertiary/aromatic N) is 1. The normalized spacial score (nSPS) is 11.3. The number of hydrogen-bond acceptors (Lipinski definition) is 6. The van der Waals surface area contributed by atoms with Gasteiger partial charge in [-0.1, -0.05) is 25.4 Å². The van der Waals surface area contributed by atoms with Crippen LogP contribution in [0.4, 0.5) is 0 Å². The lowest BCUT2D eigenvalue weighted by Crippen LogP contribution is -2.31. The number of hydrogen-bond donors (Lipinski definition) is 0. The largest absolute Gasteiger partial charge is 0.465 e. The summed E-state index contributed by atoms with van der Waals surface area (Å²) in [4.78, 5) is 23.7. The van der Waals surface area contributed by atoms with Crippen LogP contribution in [0.25, 0.3) is 0 Å². The molecule has 7 nitrogen and oxygen atoms in total. The molecule has 2 rings (SSSR count). The van der Waals surface area contributed by atoms with Gasteiger partial charge in [-0.05, 0) is 42.5 Å². The number of carbonyl (C=O) groups excluding carboxylic acids is 2. The van der Waals surface area contributed by atoms with Crippen molar-refractivity contribution in [1.29, 1.82) is 0 Å². The van der Waals surface area contributed by atoms with Crippen LogP contribution in [0.5, 0.6) is 5.75 Å². The summed E-state index contributed by atoms with van der Waals surface area (Å²) < 4.78 is 36.5. The summed E-state index contributed by atoms with van der Waals surface area (Å²) in [5.74, 6) is -1.07. The quantitative estimate of drug-likeness (QED) is 0.499. The molecule has 0 spiro atoms. The fourth-order valence-corrected chi connectivity index (χ4v) is 4.43. The van der Waals surface area contributed by atoms with Crippen molar-refractivity contribution in [2.24, 2.45) is 0 Å². The van der Waals surface area contributed by atoms with Crippen molar-refractivity contribution < 1.29 is 27.5 Å². The van der Waals surface area contributed by atoms with E-state index in [9.17, 15) is 18.0 Å². The fourth-order valence-electron chi connectivity index (χ4n) is 2.47. The summed E-state index contributed by atoms with van der Waals surface area (Å²) in [5, 5.41) is 0.0193. The summed E-state index contributed by atoms with van der Waals surface area (Å²) in [7, 11) is -2.57. The molecule has 0 heterocycles. The molecular weight excluding hydrogens is 406 g/mol. The molecule has 0 saturated heterocycles. The van der Waals surface area contributed by atoms with E-state index in [1.54, 1.807) is 13.8 Å². The first kappa shape index (κ1) is 21.9. The van der Waals surface area contributed by atoms with Gasteiger partial charge < -0.3 is 9.47 Å². The van der Waals surface area contributed by atoms with Gasteiger partial charge in [-0.2, -0.15) is 4.31 Å². The van der Waals surface area contributed by atoms with Crippen LogP contribution >= 0.6 is 11.6 Å². The standard InChI is InChI=1S/C19H20ClNO6S/c1-4-21(5-2)28(24,25)17-12-14(8-11-16(17)20)19(23)27-15-9-6-13(7-10-15)18(22)26-3/h6-12H,4-5H2,1-3H3. The number of sulfonamides is 1. The Bertz CT molecular complexity index is 968. The van der Waals surface area contributed by atoms with Crippen LogP contribution in [-0.2, 0) is 14.8 Å². The van der Waals surface area contributed by atoms with Crippen molar-refractivity contribution >= 4 is 33.6 Å². The van der Waals surface area contributed by atoms with Crippen molar-refractivity contribution in [2.45, 2.75) is 18.7 Å². The molecule has 0 aliphatic heterocycles. The second kappa shape index (κ2) is 9.18. The molecule has 150 valence electrons. The van der Waals surface area contributed by atoms with Crippen LogP contribution in [0, 0.1) is 0 Å². The number of benzene rings is 2. The van der Waals surface area contributed by atoms with Gasteiger partial charge in [-0.25, -0.2) is 18.0 Å². The molecule has 28 heavy (non-hydrogen) atoms. The van der Waals surface area contributed by atoms with Gasteiger partial charge in [-0.15, -0.1) is 0 Å². The van der Waals surface area contributed by atoms with Gasteiger partial charge in [0.15, 0.2) is 0 Å². The Labute approximate surface area is 168 Å². The van der Waals surface area contributed by atoms with E-state index in [1.165, 1.54) is 53.9 Å². The fraction of sp³-hybridized carbons (Fsp3) is 0.263. The average molecular weight is 426 g/mol. The molecular formula is C19H20ClNO6S. The Morgan fingerprint density at radius 2 is 1.54 bits per heavy atom. The van der Waals surface area contributed by atoms with Crippen LogP contribution in [0.1, 0.15) is 34.6 Å². The summed E-state index contributed by atoms with van der Waals surface area (Å²) >= 11 is 6.06. The van der Waals surface area contributed by atoms with E-state index in [1.807, 2.05) is 0 Å². The Kier molecular flexibility index (Phi) is 7.17. The van der Waals surface area contributed by atoms with E-state index in [0.29, 0.717) is 5.56 Å². The van der Waals surface area contributed by atoms with Crippen molar-refractivity contribution in [1.82, 2.24) is 4.31 Å². The molecule has 0 fully saturated rings. The third kappa shape index (κ3) is 4.70. The average Bonchev–Trinajstić information content (AvgIpc) is 2.68. The SMILES string of the molecule is CCN(CC)S(=O)(=O)c1cc(C(=O)Oc2ccc(C(=O)OC)cc2)ccc1Cl. The van der Waals surface area contributed by atoms with Crippen LogP contribution in [0.3, 0.4) is 0 Å². The minimum atomic E-state index is -3.84. The third-order valence-electron chi connectivity index (χ3n) is 3.98. The highest BCUT2D eigenvalue weighted by molar-refractivity contribution is 7.89. The molecule has 2 aromatic rings. The van der Waals surface area contributed by atoms with Gasteiger partial charge in [0, 0.05) is 13.1 Å². The monoisotopic (exact) mass is 425 g/mol. The first-order valence-electron chi connectivity index (χ1n) is 8.44. The van der Waals surface area contributed by atoms with E-state index >= 15 is 0 Å². The van der Waals surface area contributed by atoms with Gasteiger partial charge in [-0.3, -0.25) is 0 Å².